The lowest BCUT2D eigenvalue weighted by atomic mass is 9.96. The number of hydrogen-bond acceptors (Lipinski definition) is 2. The predicted molar refractivity (Wildman–Crippen MR) is 83.9 cm³/mol. The molecule has 1 rings (SSSR count). The molecule has 0 aliphatic heterocycles. The van der Waals surface area contributed by atoms with E-state index in [9.17, 15) is 4.79 Å². The van der Waals surface area contributed by atoms with Crippen LogP contribution < -0.4 is 4.74 Å². The lowest BCUT2D eigenvalue weighted by Gasteiger charge is -2.12. The zero-order chi connectivity index (χ0) is 15.0. The molecule has 0 N–H and O–H groups in total. The highest BCUT2D eigenvalue weighted by molar-refractivity contribution is 5.69. The lowest BCUT2D eigenvalue weighted by Crippen LogP contribution is -2.05. The summed E-state index contributed by atoms with van der Waals surface area (Å²) in [6, 6.07) is 7.81. The van der Waals surface area contributed by atoms with E-state index in [1.165, 1.54) is 18.9 Å². The standard InChI is InChI=1S/C18H26O2/c1-14(2)8-7-9-15(3)12-13-17-10-5-6-11-18(17)20-16(4)19/h5-6,8,10-11,15H,7,9,12-13H2,1-4H3. The van der Waals surface area contributed by atoms with Gasteiger partial charge in [0.2, 0.25) is 0 Å². The minimum absolute atomic E-state index is 0.256. The fraction of sp³-hybridized carbons (Fsp3) is 0.500. The Hall–Kier alpha value is -1.57. The summed E-state index contributed by atoms with van der Waals surface area (Å²) in [5.74, 6) is 1.13. The van der Waals surface area contributed by atoms with Crippen LogP contribution in [0, 0.1) is 5.92 Å². The summed E-state index contributed by atoms with van der Waals surface area (Å²) in [6.45, 7) is 8.01. The first-order valence-electron chi connectivity index (χ1n) is 7.38. The molecule has 20 heavy (non-hydrogen) atoms. The molecule has 110 valence electrons. The van der Waals surface area contributed by atoms with Crippen LogP contribution in [0.25, 0.3) is 0 Å². The van der Waals surface area contributed by atoms with Crippen LogP contribution in [0.3, 0.4) is 0 Å². The third-order valence-corrected chi connectivity index (χ3v) is 3.34. The number of carbonyl (C=O) groups excluding carboxylic acids is 1. The summed E-state index contributed by atoms with van der Waals surface area (Å²) in [6.07, 6.45) is 6.73. The molecule has 0 aliphatic carbocycles. The van der Waals surface area contributed by atoms with Crippen molar-refractivity contribution in [2.24, 2.45) is 5.92 Å². The zero-order valence-corrected chi connectivity index (χ0v) is 13.1. The van der Waals surface area contributed by atoms with E-state index in [1.54, 1.807) is 0 Å². The first kappa shape index (κ1) is 16.5. The van der Waals surface area contributed by atoms with Crippen molar-refractivity contribution in [3.05, 3.63) is 41.5 Å². The van der Waals surface area contributed by atoms with Crippen molar-refractivity contribution in [2.45, 2.75) is 53.4 Å². The molecule has 1 atom stereocenters. The number of rotatable bonds is 7. The van der Waals surface area contributed by atoms with Crippen LogP contribution in [0.4, 0.5) is 0 Å². The second kappa shape index (κ2) is 8.57. The average molecular weight is 274 g/mol. The Balaban J connectivity index is 2.48. The molecule has 0 saturated carbocycles. The highest BCUT2D eigenvalue weighted by Crippen LogP contribution is 2.22. The molecule has 1 aromatic carbocycles. The van der Waals surface area contributed by atoms with E-state index in [0.29, 0.717) is 11.7 Å². The summed E-state index contributed by atoms with van der Waals surface area (Å²) in [4.78, 5) is 11.1. The second-order valence-electron chi connectivity index (χ2n) is 5.70. The van der Waals surface area contributed by atoms with Crippen LogP contribution in [0.15, 0.2) is 35.9 Å². The number of esters is 1. The molecule has 0 radical (unpaired) electrons. The van der Waals surface area contributed by atoms with Gasteiger partial charge in [-0.1, -0.05) is 36.8 Å². The molecule has 0 spiro atoms. The summed E-state index contributed by atoms with van der Waals surface area (Å²) in [5, 5.41) is 0. The van der Waals surface area contributed by atoms with Gasteiger partial charge in [-0.2, -0.15) is 0 Å². The van der Waals surface area contributed by atoms with Gasteiger partial charge in [-0.15, -0.1) is 0 Å². The number of ether oxygens (including phenoxy) is 1. The van der Waals surface area contributed by atoms with Crippen LogP contribution in [0.2, 0.25) is 0 Å². The normalized spacial score (nSPS) is 11.8. The molecule has 0 aliphatic rings. The van der Waals surface area contributed by atoms with Crippen molar-refractivity contribution in [2.75, 3.05) is 0 Å². The van der Waals surface area contributed by atoms with Crippen molar-refractivity contribution < 1.29 is 9.53 Å². The summed E-state index contributed by atoms with van der Waals surface area (Å²) in [5.41, 5.74) is 2.51. The van der Waals surface area contributed by atoms with E-state index in [1.807, 2.05) is 24.3 Å². The molecule has 2 heteroatoms. The summed E-state index contributed by atoms with van der Waals surface area (Å²) >= 11 is 0. The molecule has 0 saturated heterocycles. The van der Waals surface area contributed by atoms with Gasteiger partial charge in [0, 0.05) is 6.92 Å². The minimum atomic E-state index is -0.256. The third kappa shape index (κ3) is 6.55. The fourth-order valence-electron chi connectivity index (χ4n) is 2.17. The van der Waals surface area contributed by atoms with Gasteiger partial charge >= 0.3 is 5.97 Å². The molecule has 1 unspecified atom stereocenters. The van der Waals surface area contributed by atoms with Gasteiger partial charge in [0.25, 0.3) is 0 Å². The highest BCUT2D eigenvalue weighted by Gasteiger charge is 2.08. The Morgan fingerprint density at radius 1 is 1.20 bits per heavy atom. The van der Waals surface area contributed by atoms with Crippen molar-refractivity contribution >= 4 is 5.97 Å². The Labute approximate surface area is 122 Å². The van der Waals surface area contributed by atoms with E-state index < -0.39 is 0 Å². The SMILES string of the molecule is CC(=O)Oc1ccccc1CCC(C)CCC=C(C)C. The van der Waals surface area contributed by atoms with Crippen molar-refractivity contribution in [1.82, 2.24) is 0 Å². The van der Waals surface area contributed by atoms with Crippen LogP contribution in [0.1, 0.15) is 52.5 Å². The van der Waals surface area contributed by atoms with Gasteiger partial charge in [0.15, 0.2) is 0 Å². The molecular formula is C18H26O2. The van der Waals surface area contributed by atoms with Crippen molar-refractivity contribution in [3.63, 3.8) is 0 Å². The number of allylic oxidation sites excluding steroid dienone is 2. The maximum Gasteiger partial charge on any atom is 0.308 e. The van der Waals surface area contributed by atoms with Crippen LogP contribution >= 0.6 is 0 Å². The van der Waals surface area contributed by atoms with E-state index in [0.717, 1.165) is 24.8 Å². The molecule has 2 nitrogen and oxygen atoms in total. The topological polar surface area (TPSA) is 26.3 Å². The van der Waals surface area contributed by atoms with E-state index in [2.05, 4.69) is 26.8 Å². The second-order valence-corrected chi connectivity index (χ2v) is 5.70. The molecule has 0 bridgehead atoms. The Morgan fingerprint density at radius 2 is 1.90 bits per heavy atom. The van der Waals surface area contributed by atoms with Crippen LogP contribution in [-0.4, -0.2) is 5.97 Å². The first-order chi connectivity index (χ1) is 9.49. The number of benzene rings is 1. The first-order valence-corrected chi connectivity index (χ1v) is 7.38. The molecule has 0 aromatic heterocycles. The molecule has 0 fully saturated rings. The third-order valence-electron chi connectivity index (χ3n) is 3.34. The largest absolute Gasteiger partial charge is 0.426 e. The summed E-state index contributed by atoms with van der Waals surface area (Å²) < 4.78 is 5.24. The van der Waals surface area contributed by atoms with Gasteiger partial charge < -0.3 is 4.74 Å². The average Bonchev–Trinajstić information content (AvgIpc) is 2.36. The Kier molecular flexibility index (Phi) is 7.06. The molecule has 1 aromatic rings. The van der Waals surface area contributed by atoms with E-state index in [4.69, 9.17) is 4.74 Å². The van der Waals surface area contributed by atoms with Crippen molar-refractivity contribution in [3.8, 4) is 5.75 Å². The number of aryl methyl sites for hydroxylation is 1. The van der Waals surface area contributed by atoms with Crippen LogP contribution in [0.5, 0.6) is 5.75 Å². The fourth-order valence-corrected chi connectivity index (χ4v) is 2.17. The smallest absolute Gasteiger partial charge is 0.308 e. The predicted octanol–water partition coefficient (Wildman–Crippen LogP) is 4.93. The lowest BCUT2D eigenvalue weighted by molar-refractivity contribution is -0.131. The molecule has 0 amide bonds. The van der Waals surface area contributed by atoms with Crippen molar-refractivity contribution in [1.29, 1.82) is 0 Å². The maximum atomic E-state index is 11.1. The Morgan fingerprint density at radius 3 is 2.55 bits per heavy atom. The van der Waals surface area contributed by atoms with Crippen LogP contribution in [-0.2, 0) is 11.2 Å². The summed E-state index contributed by atoms with van der Waals surface area (Å²) in [7, 11) is 0. The number of hydrogen-bond donors (Lipinski definition) is 0. The van der Waals surface area contributed by atoms with Gasteiger partial charge in [-0.25, -0.2) is 0 Å². The zero-order valence-electron chi connectivity index (χ0n) is 13.1. The van der Waals surface area contributed by atoms with E-state index >= 15 is 0 Å². The molecular weight excluding hydrogens is 248 g/mol. The van der Waals surface area contributed by atoms with Gasteiger partial charge in [0.1, 0.15) is 5.75 Å². The molecule has 0 heterocycles. The minimum Gasteiger partial charge on any atom is -0.426 e. The van der Waals surface area contributed by atoms with E-state index in [-0.39, 0.29) is 5.97 Å². The monoisotopic (exact) mass is 274 g/mol. The van der Waals surface area contributed by atoms with Gasteiger partial charge in [-0.3, -0.25) is 4.79 Å². The van der Waals surface area contributed by atoms with Gasteiger partial charge in [0.05, 0.1) is 0 Å². The maximum absolute atomic E-state index is 11.1. The quantitative estimate of drug-likeness (QED) is 0.400. The number of carbonyl (C=O) groups is 1. The highest BCUT2D eigenvalue weighted by atomic mass is 16.5. The van der Waals surface area contributed by atoms with Gasteiger partial charge in [-0.05, 0) is 57.1 Å². The number of para-hydroxylation sites is 1. The Bertz CT molecular complexity index is 456.